The summed E-state index contributed by atoms with van der Waals surface area (Å²) in [5.41, 5.74) is 6.83. The fourth-order valence-electron chi connectivity index (χ4n) is 1.48. The van der Waals surface area contributed by atoms with Crippen LogP contribution in [0.3, 0.4) is 0 Å². The molecule has 1 aromatic carbocycles. The van der Waals surface area contributed by atoms with Crippen LogP contribution in [-0.4, -0.2) is 0 Å². The standard InChI is InChI=1S/C13H18/c1-9(2)12(5)13-7-10(3)6-11(4)8-13/h6-8H,1-5H3. The highest BCUT2D eigenvalue weighted by molar-refractivity contribution is 5.67. The molecule has 1 aromatic rings. The van der Waals surface area contributed by atoms with Gasteiger partial charge in [0.2, 0.25) is 0 Å². The highest BCUT2D eigenvalue weighted by Crippen LogP contribution is 2.20. The second-order valence-corrected chi connectivity index (χ2v) is 4.00. The van der Waals surface area contributed by atoms with Crippen molar-refractivity contribution in [3.05, 3.63) is 40.5 Å². The highest BCUT2D eigenvalue weighted by atomic mass is 14.0. The lowest BCUT2D eigenvalue weighted by Crippen LogP contribution is -1.86. The minimum atomic E-state index is 1.34. The molecule has 0 aliphatic rings. The van der Waals surface area contributed by atoms with E-state index in [-0.39, 0.29) is 0 Å². The molecule has 0 saturated carbocycles. The van der Waals surface area contributed by atoms with Crippen LogP contribution in [0.2, 0.25) is 0 Å². The van der Waals surface area contributed by atoms with Gasteiger partial charge in [-0.25, -0.2) is 0 Å². The smallest absolute Gasteiger partial charge is 0.0223 e. The van der Waals surface area contributed by atoms with Crippen molar-refractivity contribution in [3.8, 4) is 0 Å². The van der Waals surface area contributed by atoms with Crippen molar-refractivity contribution in [2.24, 2.45) is 0 Å². The normalized spacial score (nSPS) is 9.92. The molecule has 0 atom stereocenters. The molecule has 0 amide bonds. The Kier molecular flexibility index (Phi) is 2.92. The maximum atomic E-state index is 2.25. The average Bonchev–Trinajstić information content (AvgIpc) is 2.01. The summed E-state index contributed by atoms with van der Waals surface area (Å²) in [6, 6.07) is 6.70. The van der Waals surface area contributed by atoms with Gasteiger partial charge in [0.05, 0.1) is 0 Å². The Hall–Kier alpha value is -1.04. The van der Waals surface area contributed by atoms with E-state index in [2.05, 4.69) is 52.8 Å². The third kappa shape index (κ3) is 2.45. The van der Waals surface area contributed by atoms with Crippen LogP contribution in [0.1, 0.15) is 37.5 Å². The molecule has 0 unspecified atom stereocenters. The Bertz CT molecular complexity index is 319. The summed E-state index contributed by atoms with van der Waals surface area (Å²) < 4.78 is 0. The highest BCUT2D eigenvalue weighted by Gasteiger charge is 1.99. The zero-order valence-corrected chi connectivity index (χ0v) is 9.23. The van der Waals surface area contributed by atoms with Crippen molar-refractivity contribution in [1.82, 2.24) is 0 Å². The summed E-state index contributed by atoms with van der Waals surface area (Å²) >= 11 is 0. The van der Waals surface area contributed by atoms with Gasteiger partial charge in [-0.1, -0.05) is 34.9 Å². The van der Waals surface area contributed by atoms with E-state index in [4.69, 9.17) is 0 Å². The fraction of sp³-hybridized carbons (Fsp3) is 0.385. The van der Waals surface area contributed by atoms with Crippen molar-refractivity contribution < 1.29 is 0 Å². The van der Waals surface area contributed by atoms with Crippen molar-refractivity contribution in [2.45, 2.75) is 34.6 Å². The SMILES string of the molecule is CC(C)=C(C)c1cc(C)cc(C)c1. The van der Waals surface area contributed by atoms with Crippen LogP contribution in [0.4, 0.5) is 0 Å². The quantitative estimate of drug-likeness (QED) is 0.601. The van der Waals surface area contributed by atoms with Crippen LogP contribution in [-0.2, 0) is 0 Å². The molecule has 0 radical (unpaired) electrons. The molecule has 0 fully saturated rings. The van der Waals surface area contributed by atoms with E-state index >= 15 is 0 Å². The van der Waals surface area contributed by atoms with Gasteiger partial charge in [0.25, 0.3) is 0 Å². The Morgan fingerprint density at radius 2 is 1.31 bits per heavy atom. The second kappa shape index (κ2) is 3.78. The first-order valence-electron chi connectivity index (χ1n) is 4.73. The van der Waals surface area contributed by atoms with Crippen LogP contribution in [0.15, 0.2) is 23.8 Å². The third-order valence-electron chi connectivity index (χ3n) is 2.40. The summed E-state index contributed by atoms with van der Waals surface area (Å²) in [6.45, 7) is 10.8. The van der Waals surface area contributed by atoms with Gasteiger partial charge in [0, 0.05) is 0 Å². The molecule has 1 rings (SSSR count). The van der Waals surface area contributed by atoms with Crippen molar-refractivity contribution in [3.63, 3.8) is 0 Å². The van der Waals surface area contributed by atoms with Crippen LogP contribution in [0, 0.1) is 13.8 Å². The van der Waals surface area contributed by atoms with Crippen molar-refractivity contribution >= 4 is 5.57 Å². The summed E-state index contributed by atoms with van der Waals surface area (Å²) in [6.07, 6.45) is 0. The number of hydrogen-bond donors (Lipinski definition) is 0. The van der Waals surface area contributed by atoms with Crippen molar-refractivity contribution in [2.75, 3.05) is 0 Å². The summed E-state index contributed by atoms with van der Waals surface area (Å²) in [5.74, 6) is 0. The lowest BCUT2D eigenvalue weighted by atomic mass is 9.99. The minimum absolute atomic E-state index is 1.34. The number of rotatable bonds is 1. The zero-order valence-electron chi connectivity index (χ0n) is 9.23. The molecular weight excluding hydrogens is 156 g/mol. The van der Waals surface area contributed by atoms with Crippen LogP contribution in [0.25, 0.3) is 5.57 Å². The maximum Gasteiger partial charge on any atom is -0.0223 e. The molecule has 0 aliphatic carbocycles. The predicted octanol–water partition coefficient (Wildman–Crippen LogP) is 4.12. The molecule has 0 N–H and O–H groups in total. The number of hydrogen-bond acceptors (Lipinski definition) is 0. The van der Waals surface area contributed by atoms with Gasteiger partial charge in [0.15, 0.2) is 0 Å². The summed E-state index contributed by atoms with van der Waals surface area (Å²) in [7, 11) is 0. The minimum Gasteiger partial charge on any atom is -0.0729 e. The van der Waals surface area contributed by atoms with E-state index in [0.717, 1.165) is 0 Å². The van der Waals surface area contributed by atoms with E-state index in [1.165, 1.54) is 27.8 Å². The molecule has 0 nitrogen and oxygen atoms in total. The molecule has 0 saturated heterocycles. The topological polar surface area (TPSA) is 0 Å². The Morgan fingerprint density at radius 1 is 0.846 bits per heavy atom. The lowest BCUT2D eigenvalue weighted by Gasteiger charge is -2.07. The maximum absolute atomic E-state index is 2.25. The molecule has 0 aromatic heterocycles. The van der Waals surface area contributed by atoms with Crippen LogP contribution < -0.4 is 0 Å². The first-order chi connectivity index (χ1) is 6.00. The van der Waals surface area contributed by atoms with E-state index in [9.17, 15) is 0 Å². The first-order valence-corrected chi connectivity index (χ1v) is 4.73. The van der Waals surface area contributed by atoms with E-state index in [0.29, 0.717) is 0 Å². The Morgan fingerprint density at radius 3 is 1.69 bits per heavy atom. The molecule has 70 valence electrons. The van der Waals surface area contributed by atoms with E-state index < -0.39 is 0 Å². The van der Waals surface area contributed by atoms with Crippen molar-refractivity contribution in [1.29, 1.82) is 0 Å². The molecule has 0 aliphatic heterocycles. The van der Waals surface area contributed by atoms with Gasteiger partial charge in [-0.15, -0.1) is 0 Å². The molecule has 13 heavy (non-hydrogen) atoms. The molecule has 0 spiro atoms. The predicted molar refractivity (Wildman–Crippen MR) is 59.9 cm³/mol. The summed E-state index contributed by atoms with van der Waals surface area (Å²) in [4.78, 5) is 0. The number of allylic oxidation sites excluding steroid dienone is 2. The van der Waals surface area contributed by atoms with Gasteiger partial charge in [-0.2, -0.15) is 0 Å². The van der Waals surface area contributed by atoms with Gasteiger partial charge in [0.1, 0.15) is 0 Å². The monoisotopic (exact) mass is 174 g/mol. The van der Waals surface area contributed by atoms with Gasteiger partial charge < -0.3 is 0 Å². The second-order valence-electron chi connectivity index (χ2n) is 4.00. The lowest BCUT2D eigenvalue weighted by molar-refractivity contribution is 1.32. The molecule has 0 heteroatoms. The molecule has 0 bridgehead atoms. The first kappa shape index (κ1) is 10.0. The third-order valence-corrected chi connectivity index (χ3v) is 2.40. The van der Waals surface area contributed by atoms with E-state index in [1.54, 1.807) is 0 Å². The van der Waals surface area contributed by atoms with Crippen LogP contribution >= 0.6 is 0 Å². The van der Waals surface area contributed by atoms with Gasteiger partial charge in [-0.05, 0) is 45.8 Å². The number of benzene rings is 1. The Labute approximate surface area is 81.3 Å². The van der Waals surface area contributed by atoms with E-state index in [1.807, 2.05) is 0 Å². The average molecular weight is 174 g/mol. The molecule has 0 heterocycles. The number of aryl methyl sites for hydroxylation is 2. The van der Waals surface area contributed by atoms with Gasteiger partial charge in [-0.3, -0.25) is 0 Å². The van der Waals surface area contributed by atoms with Crippen LogP contribution in [0.5, 0.6) is 0 Å². The summed E-state index contributed by atoms with van der Waals surface area (Å²) in [5, 5.41) is 0. The largest absolute Gasteiger partial charge is 0.0729 e. The zero-order chi connectivity index (χ0) is 10.0. The van der Waals surface area contributed by atoms with Gasteiger partial charge >= 0.3 is 0 Å². The molecular formula is C13H18. The fourth-order valence-corrected chi connectivity index (χ4v) is 1.48. The Balaban J connectivity index is 3.24.